The summed E-state index contributed by atoms with van der Waals surface area (Å²) in [5.74, 6) is -0.0817. The van der Waals surface area contributed by atoms with Gasteiger partial charge in [0.25, 0.3) is 0 Å². The second-order valence-electron chi connectivity index (χ2n) is 5.40. The summed E-state index contributed by atoms with van der Waals surface area (Å²) in [6.07, 6.45) is 9.21. The van der Waals surface area contributed by atoms with E-state index in [0.717, 1.165) is 12.8 Å². The van der Waals surface area contributed by atoms with Crippen LogP contribution >= 0.6 is 0 Å². The topological polar surface area (TPSA) is 26.3 Å². The van der Waals surface area contributed by atoms with Gasteiger partial charge in [0, 0.05) is 6.42 Å². The van der Waals surface area contributed by atoms with Gasteiger partial charge in [0.15, 0.2) is 0 Å². The molecule has 0 fully saturated rings. The molecule has 0 aliphatic rings. The van der Waals surface area contributed by atoms with Gasteiger partial charge in [-0.05, 0) is 24.7 Å². The van der Waals surface area contributed by atoms with Crippen LogP contribution in [0, 0.1) is 5.41 Å². The Morgan fingerprint density at radius 1 is 1.06 bits per heavy atom. The Hall–Kier alpha value is -0.530. The Morgan fingerprint density at radius 2 is 1.69 bits per heavy atom. The lowest BCUT2D eigenvalue weighted by molar-refractivity contribution is -0.140. The average Bonchev–Trinajstić information content (AvgIpc) is 2.24. The molecule has 0 heterocycles. The first kappa shape index (κ1) is 15.5. The SMILES string of the molecule is CCCCCCC(C)(C)CCCC(=O)OC. The Labute approximate surface area is 101 Å². The zero-order chi connectivity index (χ0) is 12.4. The van der Waals surface area contributed by atoms with Crippen molar-refractivity contribution < 1.29 is 9.53 Å². The highest BCUT2D eigenvalue weighted by Gasteiger charge is 2.17. The van der Waals surface area contributed by atoms with Gasteiger partial charge in [0.2, 0.25) is 0 Å². The molecule has 0 aromatic carbocycles. The maximum atomic E-state index is 11.0. The molecule has 0 atom stereocenters. The molecule has 0 amide bonds. The molecule has 0 aromatic heterocycles. The first-order valence-corrected chi connectivity index (χ1v) is 6.58. The third kappa shape index (κ3) is 8.75. The summed E-state index contributed by atoms with van der Waals surface area (Å²) < 4.78 is 4.64. The Kier molecular flexibility index (Phi) is 8.32. The molecule has 0 rings (SSSR count). The molecule has 0 spiro atoms. The summed E-state index contributed by atoms with van der Waals surface area (Å²) in [6.45, 7) is 6.84. The van der Waals surface area contributed by atoms with Crippen molar-refractivity contribution in [1.82, 2.24) is 0 Å². The summed E-state index contributed by atoms with van der Waals surface area (Å²) in [5, 5.41) is 0. The number of esters is 1. The first-order valence-electron chi connectivity index (χ1n) is 6.58. The molecule has 0 aromatic rings. The maximum Gasteiger partial charge on any atom is 0.305 e. The van der Waals surface area contributed by atoms with Crippen LogP contribution in [0.25, 0.3) is 0 Å². The van der Waals surface area contributed by atoms with Crippen LogP contribution in [0.5, 0.6) is 0 Å². The van der Waals surface area contributed by atoms with Crippen LogP contribution in [-0.2, 0) is 9.53 Å². The molecule has 0 aliphatic heterocycles. The Bertz CT molecular complexity index is 185. The van der Waals surface area contributed by atoms with E-state index in [1.165, 1.54) is 39.2 Å². The molecule has 0 bridgehead atoms. The number of hydrogen-bond donors (Lipinski definition) is 0. The van der Waals surface area contributed by atoms with Crippen molar-refractivity contribution >= 4 is 5.97 Å². The molecule has 0 unspecified atom stereocenters. The minimum absolute atomic E-state index is 0.0817. The van der Waals surface area contributed by atoms with E-state index in [-0.39, 0.29) is 5.97 Å². The predicted molar refractivity (Wildman–Crippen MR) is 68.4 cm³/mol. The minimum Gasteiger partial charge on any atom is -0.469 e. The molecule has 0 aliphatic carbocycles. The monoisotopic (exact) mass is 228 g/mol. The molecule has 16 heavy (non-hydrogen) atoms. The number of carbonyl (C=O) groups excluding carboxylic acids is 1. The largest absolute Gasteiger partial charge is 0.469 e. The van der Waals surface area contributed by atoms with Gasteiger partial charge in [-0.25, -0.2) is 0 Å². The fourth-order valence-corrected chi connectivity index (χ4v) is 1.97. The summed E-state index contributed by atoms with van der Waals surface area (Å²) in [6, 6.07) is 0. The predicted octanol–water partition coefficient (Wildman–Crippen LogP) is 4.33. The number of unbranched alkanes of at least 4 members (excludes halogenated alkanes) is 3. The molecule has 2 nitrogen and oxygen atoms in total. The number of carbonyl (C=O) groups is 1. The lowest BCUT2D eigenvalue weighted by Gasteiger charge is -2.24. The van der Waals surface area contributed by atoms with Crippen molar-refractivity contribution in [3.05, 3.63) is 0 Å². The fourth-order valence-electron chi connectivity index (χ4n) is 1.97. The molecule has 0 saturated carbocycles. The molecule has 0 radical (unpaired) electrons. The summed E-state index contributed by atoms with van der Waals surface area (Å²) in [4.78, 5) is 11.0. The van der Waals surface area contributed by atoms with Crippen LogP contribution in [0.1, 0.15) is 72.1 Å². The van der Waals surface area contributed by atoms with E-state index in [1.807, 2.05) is 0 Å². The van der Waals surface area contributed by atoms with E-state index in [4.69, 9.17) is 0 Å². The fraction of sp³-hybridized carbons (Fsp3) is 0.929. The zero-order valence-corrected chi connectivity index (χ0v) is 11.5. The highest BCUT2D eigenvalue weighted by molar-refractivity contribution is 5.68. The average molecular weight is 228 g/mol. The van der Waals surface area contributed by atoms with E-state index in [1.54, 1.807) is 0 Å². The van der Waals surface area contributed by atoms with Crippen molar-refractivity contribution in [1.29, 1.82) is 0 Å². The van der Waals surface area contributed by atoms with Gasteiger partial charge in [-0.2, -0.15) is 0 Å². The maximum absolute atomic E-state index is 11.0. The van der Waals surface area contributed by atoms with Crippen LogP contribution in [0.15, 0.2) is 0 Å². The standard InChI is InChI=1S/C14H28O2/c1-5-6-7-8-11-14(2,3)12-9-10-13(15)16-4/h5-12H2,1-4H3. The zero-order valence-electron chi connectivity index (χ0n) is 11.5. The van der Waals surface area contributed by atoms with Crippen molar-refractivity contribution in [3.63, 3.8) is 0 Å². The number of rotatable bonds is 9. The van der Waals surface area contributed by atoms with Gasteiger partial charge < -0.3 is 4.74 Å². The van der Waals surface area contributed by atoms with E-state index in [2.05, 4.69) is 25.5 Å². The lowest BCUT2D eigenvalue weighted by atomic mass is 9.82. The number of hydrogen-bond acceptors (Lipinski definition) is 2. The Morgan fingerprint density at radius 3 is 2.25 bits per heavy atom. The van der Waals surface area contributed by atoms with Gasteiger partial charge in [-0.3, -0.25) is 4.79 Å². The van der Waals surface area contributed by atoms with Crippen LogP contribution in [0.2, 0.25) is 0 Å². The van der Waals surface area contributed by atoms with Crippen molar-refractivity contribution in [3.8, 4) is 0 Å². The molecule has 96 valence electrons. The highest BCUT2D eigenvalue weighted by Crippen LogP contribution is 2.29. The van der Waals surface area contributed by atoms with Gasteiger partial charge >= 0.3 is 5.97 Å². The van der Waals surface area contributed by atoms with Crippen molar-refractivity contribution in [2.75, 3.05) is 7.11 Å². The molecular weight excluding hydrogens is 200 g/mol. The quantitative estimate of drug-likeness (QED) is 0.434. The third-order valence-electron chi connectivity index (χ3n) is 3.17. The summed E-state index contributed by atoms with van der Waals surface area (Å²) in [5.41, 5.74) is 0.377. The van der Waals surface area contributed by atoms with E-state index in [0.29, 0.717) is 11.8 Å². The normalized spacial score (nSPS) is 11.5. The summed E-state index contributed by atoms with van der Waals surface area (Å²) >= 11 is 0. The second-order valence-corrected chi connectivity index (χ2v) is 5.40. The Balaban J connectivity index is 3.57. The van der Waals surface area contributed by atoms with E-state index < -0.39 is 0 Å². The van der Waals surface area contributed by atoms with Crippen LogP contribution in [-0.4, -0.2) is 13.1 Å². The van der Waals surface area contributed by atoms with Gasteiger partial charge in [-0.15, -0.1) is 0 Å². The second kappa shape index (κ2) is 8.60. The molecule has 2 heteroatoms. The van der Waals surface area contributed by atoms with Crippen LogP contribution in [0.3, 0.4) is 0 Å². The van der Waals surface area contributed by atoms with Gasteiger partial charge in [-0.1, -0.05) is 46.5 Å². The molecular formula is C14H28O2. The van der Waals surface area contributed by atoms with E-state index in [9.17, 15) is 4.79 Å². The van der Waals surface area contributed by atoms with Gasteiger partial charge in [0.1, 0.15) is 0 Å². The lowest BCUT2D eigenvalue weighted by Crippen LogP contribution is -2.12. The first-order chi connectivity index (χ1) is 7.52. The number of ether oxygens (including phenoxy) is 1. The minimum atomic E-state index is -0.0817. The number of methoxy groups -OCH3 is 1. The van der Waals surface area contributed by atoms with Crippen molar-refractivity contribution in [2.45, 2.75) is 72.1 Å². The van der Waals surface area contributed by atoms with Gasteiger partial charge in [0.05, 0.1) is 7.11 Å². The smallest absolute Gasteiger partial charge is 0.305 e. The van der Waals surface area contributed by atoms with E-state index >= 15 is 0 Å². The third-order valence-corrected chi connectivity index (χ3v) is 3.17. The van der Waals surface area contributed by atoms with Crippen LogP contribution < -0.4 is 0 Å². The molecule has 0 N–H and O–H groups in total. The van der Waals surface area contributed by atoms with Crippen molar-refractivity contribution in [2.24, 2.45) is 5.41 Å². The summed E-state index contributed by atoms with van der Waals surface area (Å²) in [7, 11) is 1.46. The highest BCUT2D eigenvalue weighted by atomic mass is 16.5. The van der Waals surface area contributed by atoms with Crippen LogP contribution in [0.4, 0.5) is 0 Å². The molecule has 0 saturated heterocycles.